The number of nitrogens with zero attached hydrogens (tertiary/aromatic N) is 4. The van der Waals surface area contributed by atoms with Gasteiger partial charge in [0.05, 0.1) is 23.7 Å². The van der Waals surface area contributed by atoms with Gasteiger partial charge in [0, 0.05) is 11.9 Å². The second-order valence-electron chi connectivity index (χ2n) is 5.96. The topological polar surface area (TPSA) is 102 Å². The smallest absolute Gasteiger partial charge is 0.227 e. The number of thiophene rings is 1. The third kappa shape index (κ3) is 2.53. The zero-order valence-electron chi connectivity index (χ0n) is 12.7. The lowest BCUT2D eigenvalue weighted by Crippen LogP contribution is -2.36. The van der Waals surface area contributed by atoms with Crippen molar-refractivity contribution in [3.63, 3.8) is 0 Å². The summed E-state index contributed by atoms with van der Waals surface area (Å²) in [4.78, 5) is 10.1. The Bertz CT molecular complexity index is 824. The van der Waals surface area contributed by atoms with E-state index in [2.05, 4.69) is 31.8 Å². The molecule has 8 heteroatoms. The van der Waals surface area contributed by atoms with E-state index in [-0.39, 0.29) is 12.1 Å². The van der Waals surface area contributed by atoms with Gasteiger partial charge in [-0.3, -0.25) is 4.68 Å². The van der Waals surface area contributed by atoms with Crippen LogP contribution < -0.4 is 11.1 Å². The molecule has 3 heterocycles. The molecule has 1 aliphatic rings. The van der Waals surface area contributed by atoms with Crippen molar-refractivity contribution in [2.24, 2.45) is 13.0 Å². The summed E-state index contributed by atoms with van der Waals surface area (Å²) in [6.07, 6.45) is 3.06. The van der Waals surface area contributed by atoms with Crippen molar-refractivity contribution in [3.05, 3.63) is 28.6 Å². The number of nitrogens with two attached hydrogens (primary N) is 1. The Morgan fingerprint density at radius 3 is 2.96 bits per heavy atom. The molecule has 120 valence electrons. The monoisotopic (exact) mass is 330 g/mol. The Morgan fingerprint density at radius 2 is 2.26 bits per heavy atom. The zero-order valence-corrected chi connectivity index (χ0v) is 13.5. The third-order valence-corrected chi connectivity index (χ3v) is 5.33. The highest BCUT2D eigenvalue weighted by molar-refractivity contribution is 7.10. The van der Waals surface area contributed by atoms with E-state index in [4.69, 9.17) is 5.73 Å². The van der Waals surface area contributed by atoms with Crippen molar-refractivity contribution in [2.75, 3.05) is 11.1 Å². The van der Waals surface area contributed by atoms with Gasteiger partial charge in [-0.15, -0.1) is 11.3 Å². The number of aromatic nitrogens is 4. The van der Waals surface area contributed by atoms with Crippen molar-refractivity contribution in [1.29, 1.82) is 0 Å². The first-order valence-corrected chi connectivity index (χ1v) is 8.43. The van der Waals surface area contributed by atoms with Gasteiger partial charge in [0.15, 0.2) is 5.65 Å². The highest BCUT2D eigenvalue weighted by atomic mass is 32.1. The first-order valence-electron chi connectivity index (χ1n) is 7.55. The summed E-state index contributed by atoms with van der Waals surface area (Å²) in [5.41, 5.74) is 6.73. The van der Waals surface area contributed by atoms with Crippen LogP contribution in [-0.4, -0.2) is 31.0 Å². The van der Waals surface area contributed by atoms with E-state index in [1.807, 2.05) is 13.1 Å². The van der Waals surface area contributed by atoms with E-state index >= 15 is 0 Å². The number of anilines is 2. The van der Waals surface area contributed by atoms with E-state index in [1.165, 1.54) is 4.88 Å². The Hall–Kier alpha value is -2.19. The van der Waals surface area contributed by atoms with Gasteiger partial charge in [-0.1, -0.05) is 6.07 Å². The minimum Gasteiger partial charge on any atom is -0.393 e. The van der Waals surface area contributed by atoms with E-state index in [1.54, 1.807) is 22.2 Å². The van der Waals surface area contributed by atoms with Gasteiger partial charge < -0.3 is 16.2 Å². The maximum atomic E-state index is 9.64. The van der Waals surface area contributed by atoms with E-state index < -0.39 is 0 Å². The molecule has 0 aromatic carbocycles. The van der Waals surface area contributed by atoms with Crippen LogP contribution in [0.25, 0.3) is 11.0 Å². The number of aliphatic hydroxyl groups excluding tert-OH is 1. The summed E-state index contributed by atoms with van der Waals surface area (Å²) < 4.78 is 1.69. The molecule has 0 saturated heterocycles. The first kappa shape index (κ1) is 14.4. The van der Waals surface area contributed by atoms with Crippen LogP contribution in [0.2, 0.25) is 0 Å². The van der Waals surface area contributed by atoms with Crippen molar-refractivity contribution in [3.8, 4) is 0 Å². The average molecular weight is 330 g/mol. The standard InChI is InChI=1S/C15H18N6OS/c1-21-14-10(7-17-21)13(16)19-15(20-14)18-12(8-5-9(22)6-8)11-3-2-4-23-11/h2-4,7-9,12,22H,5-6H2,1H3,(H3,16,18,19,20)/t8?,9?,12-/m0/s1. The molecule has 4 rings (SSSR count). The summed E-state index contributed by atoms with van der Waals surface area (Å²) >= 11 is 1.69. The van der Waals surface area contributed by atoms with Gasteiger partial charge in [-0.05, 0) is 30.2 Å². The van der Waals surface area contributed by atoms with Crippen LogP contribution in [0.4, 0.5) is 11.8 Å². The van der Waals surface area contributed by atoms with Gasteiger partial charge in [0.25, 0.3) is 0 Å². The molecule has 4 N–H and O–H groups in total. The molecular weight excluding hydrogens is 312 g/mol. The molecule has 0 spiro atoms. The Labute approximate surface area is 137 Å². The van der Waals surface area contributed by atoms with Crippen LogP contribution >= 0.6 is 11.3 Å². The van der Waals surface area contributed by atoms with Gasteiger partial charge in [-0.2, -0.15) is 15.1 Å². The Morgan fingerprint density at radius 1 is 1.43 bits per heavy atom. The molecule has 0 radical (unpaired) electrons. The minimum absolute atomic E-state index is 0.0866. The van der Waals surface area contributed by atoms with Crippen LogP contribution in [0.5, 0.6) is 0 Å². The molecule has 0 bridgehead atoms. The molecule has 0 aliphatic heterocycles. The number of aliphatic hydroxyl groups is 1. The van der Waals surface area contributed by atoms with Gasteiger partial charge in [0.1, 0.15) is 5.82 Å². The second-order valence-corrected chi connectivity index (χ2v) is 6.94. The molecule has 7 nitrogen and oxygen atoms in total. The lowest BCUT2D eigenvalue weighted by atomic mass is 9.77. The summed E-state index contributed by atoms with van der Waals surface area (Å²) in [6.45, 7) is 0. The lowest BCUT2D eigenvalue weighted by Gasteiger charge is -2.37. The Kier molecular flexibility index (Phi) is 3.42. The van der Waals surface area contributed by atoms with Gasteiger partial charge >= 0.3 is 0 Å². The number of hydrogen-bond acceptors (Lipinski definition) is 7. The number of nitrogens with one attached hydrogen (secondary N) is 1. The molecule has 0 unspecified atom stereocenters. The van der Waals surface area contributed by atoms with E-state index in [0.717, 1.165) is 18.2 Å². The Balaban J connectivity index is 1.67. The van der Waals surface area contributed by atoms with Crippen LogP contribution in [0.1, 0.15) is 23.8 Å². The van der Waals surface area contributed by atoms with Crippen molar-refractivity contribution < 1.29 is 5.11 Å². The molecule has 3 aromatic heterocycles. The molecule has 3 aromatic rings. The summed E-state index contributed by atoms with van der Waals surface area (Å²) in [7, 11) is 1.83. The normalized spacial score (nSPS) is 22.0. The lowest BCUT2D eigenvalue weighted by molar-refractivity contribution is 0.0343. The number of fused-ring (bicyclic) bond motifs is 1. The highest BCUT2D eigenvalue weighted by Crippen LogP contribution is 2.41. The molecule has 23 heavy (non-hydrogen) atoms. The van der Waals surface area contributed by atoms with E-state index in [9.17, 15) is 5.11 Å². The number of nitrogen functional groups attached to an aromatic ring is 1. The van der Waals surface area contributed by atoms with Crippen molar-refractivity contribution in [2.45, 2.75) is 25.0 Å². The van der Waals surface area contributed by atoms with Gasteiger partial charge in [0.2, 0.25) is 5.95 Å². The van der Waals surface area contributed by atoms with Gasteiger partial charge in [-0.25, -0.2) is 0 Å². The largest absolute Gasteiger partial charge is 0.393 e. The van der Waals surface area contributed by atoms with E-state index in [0.29, 0.717) is 23.3 Å². The molecule has 1 atom stereocenters. The molecule has 1 saturated carbocycles. The SMILES string of the molecule is Cn1ncc2c(N)nc(N[C@H](c3cccs3)C3CC(O)C3)nc21. The maximum absolute atomic E-state index is 9.64. The zero-order chi connectivity index (χ0) is 16.0. The molecule has 0 amide bonds. The number of rotatable bonds is 4. The predicted molar refractivity (Wildman–Crippen MR) is 90.1 cm³/mol. The summed E-state index contributed by atoms with van der Waals surface area (Å²) in [5, 5.41) is 20.0. The molecule has 1 fully saturated rings. The molecule has 1 aliphatic carbocycles. The predicted octanol–water partition coefficient (Wildman–Crippen LogP) is 1.93. The maximum Gasteiger partial charge on any atom is 0.227 e. The summed E-state index contributed by atoms with van der Waals surface area (Å²) in [6, 6.07) is 4.21. The number of aryl methyl sites for hydroxylation is 1. The fraction of sp³-hybridized carbons (Fsp3) is 0.400. The fourth-order valence-corrected chi connectivity index (χ4v) is 3.91. The van der Waals surface area contributed by atoms with Crippen molar-refractivity contribution in [1.82, 2.24) is 19.7 Å². The highest BCUT2D eigenvalue weighted by Gasteiger charge is 2.35. The van der Waals surface area contributed by atoms with Crippen LogP contribution in [0.3, 0.4) is 0 Å². The van der Waals surface area contributed by atoms with Crippen LogP contribution in [0, 0.1) is 5.92 Å². The quantitative estimate of drug-likeness (QED) is 0.675. The third-order valence-electron chi connectivity index (χ3n) is 4.38. The second kappa shape index (κ2) is 5.47. The number of hydrogen-bond donors (Lipinski definition) is 3. The average Bonchev–Trinajstić information content (AvgIpc) is 3.13. The van der Waals surface area contributed by atoms with Crippen molar-refractivity contribution >= 4 is 34.1 Å². The first-order chi connectivity index (χ1) is 11.1. The van der Waals surface area contributed by atoms with Crippen LogP contribution in [-0.2, 0) is 7.05 Å². The van der Waals surface area contributed by atoms with Crippen LogP contribution in [0.15, 0.2) is 23.7 Å². The fourth-order valence-electron chi connectivity index (χ4n) is 3.04. The minimum atomic E-state index is -0.199. The molecular formula is C15H18N6OS. The summed E-state index contributed by atoms with van der Waals surface area (Å²) in [5.74, 6) is 1.29.